The summed E-state index contributed by atoms with van der Waals surface area (Å²) < 4.78 is 32.9. The predicted octanol–water partition coefficient (Wildman–Crippen LogP) is 3.54. The standard InChI is InChI=1S/C23H22ClN3O5S/c1-2-32-19-11-13-20(14-12-19)33(30,31)27-18-9-7-16(8-10-18)23(29)26-25-22(28)15-17-5-3-4-6-21(17)24/h3-14,27H,2,15H2,1H3,(H,25,28)(H,26,29). The summed E-state index contributed by atoms with van der Waals surface area (Å²) in [6.07, 6.45) is 0.00617. The number of nitrogens with one attached hydrogen (secondary N) is 3. The number of benzene rings is 3. The van der Waals surface area contributed by atoms with E-state index in [0.29, 0.717) is 22.9 Å². The van der Waals surface area contributed by atoms with Crippen molar-refractivity contribution in [1.82, 2.24) is 10.9 Å². The van der Waals surface area contributed by atoms with Gasteiger partial charge in [0.05, 0.1) is 17.9 Å². The van der Waals surface area contributed by atoms with Crippen LogP contribution >= 0.6 is 11.6 Å². The highest BCUT2D eigenvalue weighted by Crippen LogP contribution is 2.20. The lowest BCUT2D eigenvalue weighted by molar-refractivity contribution is -0.121. The molecule has 0 radical (unpaired) electrons. The summed E-state index contributed by atoms with van der Waals surface area (Å²) in [5.41, 5.74) is 5.79. The second-order valence-electron chi connectivity index (χ2n) is 6.86. The molecule has 0 heterocycles. The number of amides is 2. The van der Waals surface area contributed by atoms with Gasteiger partial charge in [-0.3, -0.25) is 25.2 Å². The molecule has 0 atom stereocenters. The Hall–Kier alpha value is -3.56. The van der Waals surface area contributed by atoms with Crippen LogP contribution in [-0.4, -0.2) is 26.8 Å². The first kappa shape index (κ1) is 24.1. The minimum atomic E-state index is -3.81. The molecule has 8 nitrogen and oxygen atoms in total. The number of hydrogen-bond donors (Lipinski definition) is 3. The van der Waals surface area contributed by atoms with E-state index < -0.39 is 21.8 Å². The molecule has 0 unspecified atom stereocenters. The maximum Gasteiger partial charge on any atom is 0.269 e. The molecule has 0 saturated heterocycles. The van der Waals surface area contributed by atoms with Gasteiger partial charge in [-0.15, -0.1) is 0 Å². The average molecular weight is 488 g/mol. The van der Waals surface area contributed by atoms with Crippen LogP contribution in [0.2, 0.25) is 5.02 Å². The third kappa shape index (κ3) is 6.71. The number of carbonyl (C=O) groups is 2. The minimum absolute atomic E-state index is 0.00617. The number of ether oxygens (including phenoxy) is 1. The van der Waals surface area contributed by atoms with E-state index in [0.717, 1.165) is 0 Å². The molecule has 3 aromatic carbocycles. The number of hydrazine groups is 1. The molecule has 0 fully saturated rings. The van der Waals surface area contributed by atoms with Gasteiger partial charge >= 0.3 is 0 Å². The Bertz CT molecular complexity index is 1230. The monoisotopic (exact) mass is 487 g/mol. The Labute approximate surface area is 196 Å². The molecule has 0 aromatic heterocycles. The second kappa shape index (κ2) is 10.8. The average Bonchev–Trinajstić information content (AvgIpc) is 2.80. The Kier molecular flexibility index (Phi) is 7.92. The fourth-order valence-corrected chi connectivity index (χ4v) is 4.10. The van der Waals surface area contributed by atoms with Crippen molar-refractivity contribution >= 4 is 39.1 Å². The lowest BCUT2D eigenvalue weighted by Crippen LogP contribution is -2.42. The first-order valence-corrected chi connectivity index (χ1v) is 11.8. The van der Waals surface area contributed by atoms with Crippen LogP contribution in [0.25, 0.3) is 0 Å². The van der Waals surface area contributed by atoms with Crippen LogP contribution in [0.4, 0.5) is 5.69 Å². The van der Waals surface area contributed by atoms with Gasteiger partial charge in [-0.25, -0.2) is 8.42 Å². The number of rotatable bonds is 8. The van der Waals surface area contributed by atoms with E-state index >= 15 is 0 Å². The number of carbonyl (C=O) groups excluding carboxylic acids is 2. The molecule has 3 N–H and O–H groups in total. The Morgan fingerprint density at radius 1 is 0.909 bits per heavy atom. The van der Waals surface area contributed by atoms with Gasteiger partial charge in [0, 0.05) is 16.3 Å². The predicted molar refractivity (Wildman–Crippen MR) is 126 cm³/mol. The normalized spacial score (nSPS) is 10.8. The number of halogens is 1. The summed E-state index contributed by atoms with van der Waals surface area (Å²) >= 11 is 6.02. The molecule has 10 heteroatoms. The van der Waals surface area contributed by atoms with Gasteiger partial charge in [-0.2, -0.15) is 0 Å². The van der Waals surface area contributed by atoms with E-state index in [2.05, 4.69) is 15.6 Å². The van der Waals surface area contributed by atoms with Crippen molar-refractivity contribution in [2.45, 2.75) is 18.2 Å². The third-order valence-electron chi connectivity index (χ3n) is 4.47. The Morgan fingerprint density at radius 3 is 2.21 bits per heavy atom. The van der Waals surface area contributed by atoms with Gasteiger partial charge in [0.15, 0.2) is 0 Å². The summed E-state index contributed by atoms with van der Waals surface area (Å²) in [5, 5.41) is 0.460. The van der Waals surface area contributed by atoms with E-state index in [1.54, 1.807) is 36.4 Å². The van der Waals surface area contributed by atoms with Crippen molar-refractivity contribution < 1.29 is 22.7 Å². The van der Waals surface area contributed by atoms with E-state index in [-0.39, 0.29) is 22.6 Å². The largest absolute Gasteiger partial charge is 0.494 e. The van der Waals surface area contributed by atoms with Crippen molar-refractivity contribution in [3.63, 3.8) is 0 Å². The van der Waals surface area contributed by atoms with Crippen LogP contribution in [0.15, 0.2) is 77.7 Å². The Balaban J connectivity index is 1.56. The van der Waals surface area contributed by atoms with E-state index in [4.69, 9.17) is 16.3 Å². The molecule has 0 aliphatic rings. The summed E-state index contributed by atoms with van der Waals surface area (Å²) in [6.45, 7) is 2.32. The van der Waals surface area contributed by atoms with E-state index in [1.807, 2.05) is 6.92 Å². The molecule has 33 heavy (non-hydrogen) atoms. The highest BCUT2D eigenvalue weighted by Gasteiger charge is 2.15. The van der Waals surface area contributed by atoms with Gasteiger partial charge in [0.25, 0.3) is 15.9 Å². The van der Waals surface area contributed by atoms with Gasteiger partial charge < -0.3 is 4.74 Å². The molecule has 3 aromatic rings. The lowest BCUT2D eigenvalue weighted by Gasteiger charge is -2.11. The zero-order chi connectivity index (χ0) is 23.8. The van der Waals surface area contributed by atoms with Crippen molar-refractivity contribution in [3.8, 4) is 5.75 Å². The molecule has 0 spiro atoms. The lowest BCUT2D eigenvalue weighted by atomic mass is 10.1. The number of hydrogen-bond acceptors (Lipinski definition) is 5. The first-order valence-electron chi connectivity index (χ1n) is 9.97. The maximum absolute atomic E-state index is 12.6. The highest BCUT2D eigenvalue weighted by molar-refractivity contribution is 7.92. The van der Waals surface area contributed by atoms with Crippen LogP contribution in [-0.2, 0) is 21.2 Å². The third-order valence-corrected chi connectivity index (χ3v) is 6.23. The molecule has 0 aliphatic heterocycles. The first-order chi connectivity index (χ1) is 15.8. The molecule has 2 amide bonds. The molecule has 3 rings (SSSR count). The molecule has 0 aliphatic carbocycles. The molecule has 0 saturated carbocycles. The van der Waals surface area contributed by atoms with Crippen molar-refractivity contribution in [2.75, 3.05) is 11.3 Å². The topological polar surface area (TPSA) is 114 Å². The van der Waals surface area contributed by atoms with Gasteiger partial charge in [0.1, 0.15) is 5.75 Å². The number of sulfonamides is 1. The van der Waals surface area contributed by atoms with Crippen LogP contribution in [0.5, 0.6) is 5.75 Å². The van der Waals surface area contributed by atoms with Crippen LogP contribution < -0.4 is 20.3 Å². The van der Waals surface area contributed by atoms with Crippen LogP contribution in [0.1, 0.15) is 22.8 Å². The highest BCUT2D eigenvalue weighted by atomic mass is 35.5. The Morgan fingerprint density at radius 2 is 1.58 bits per heavy atom. The van der Waals surface area contributed by atoms with Crippen molar-refractivity contribution in [3.05, 3.63) is 88.9 Å². The summed E-state index contributed by atoms with van der Waals surface area (Å²) in [6, 6.07) is 18.7. The molecular formula is C23H22ClN3O5S. The van der Waals surface area contributed by atoms with Gasteiger partial charge in [-0.1, -0.05) is 29.8 Å². The quantitative estimate of drug-likeness (QED) is 0.420. The summed E-state index contributed by atoms with van der Waals surface area (Å²) in [7, 11) is -3.81. The molecular weight excluding hydrogens is 466 g/mol. The van der Waals surface area contributed by atoms with Crippen molar-refractivity contribution in [2.24, 2.45) is 0 Å². The summed E-state index contributed by atoms with van der Waals surface area (Å²) in [5.74, 6) is -0.412. The number of anilines is 1. The van der Waals surface area contributed by atoms with E-state index in [9.17, 15) is 18.0 Å². The second-order valence-corrected chi connectivity index (χ2v) is 8.95. The van der Waals surface area contributed by atoms with E-state index in [1.165, 1.54) is 36.4 Å². The maximum atomic E-state index is 12.6. The van der Waals surface area contributed by atoms with Gasteiger partial charge in [0.2, 0.25) is 5.91 Å². The van der Waals surface area contributed by atoms with Crippen LogP contribution in [0, 0.1) is 0 Å². The zero-order valence-electron chi connectivity index (χ0n) is 17.7. The smallest absolute Gasteiger partial charge is 0.269 e. The molecule has 172 valence electrons. The van der Waals surface area contributed by atoms with Crippen molar-refractivity contribution in [1.29, 1.82) is 0 Å². The van der Waals surface area contributed by atoms with Crippen LogP contribution in [0.3, 0.4) is 0 Å². The minimum Gasteiger partial charge on any atom is -0.494 e. The van der Waals surface area contributed by atoms with Gasteiger partial charge in [-0.05, 0) is 67.1 Å². The molecule has 0 bridgehead atoms. The fraction of sp³-hybridized carbons (Fsp3) is 0.130. The summed E-state index contributed by atoms with van der Waals surface area (Å²) in [4.78, 5) is 24.4. The zero-order valence-corrected chi connectivity index (χ0v) is 19.2. The SMILES string of the molecule is CCOc1ccc(S(=O)(=O)Nc2ccc(C(=O)NNC(=O)Cc3ccccc3Cl)cc2)cc1. The fourth-order valence-electron chi connectivity index (χ4n) is 2.84.